The van der Waals surface area contributed by atoms with Gasteiger partial charge in [0.05, 0.1) is 5.02 Å². The van der Waals surface area contributed by atoms with E-state index in [-0.39, 0.29) is 9.92 Å². The average Bonchev–Trinajstić information content (AvgIpc) is 2.59. The van der Waals surface area contributed by atoms with Gasteiger partial charge in [0.15, 0.2) is 6.61 Å². The zero-order valence-corrected chi connectivity index (χ0v) is 18.3. The zero-order valence-electron chi connectivity index (χ0n) is 14.4. The van der Waals surface area contributed by atoms with Crippen molar-refractivity contribution < 1.29 is 23.1 Å². The molecule has 0 unspecified atom stereocenters. The minimum absolute atomic E-state index is 0.0377. The summed E-state index contributed by atoms with van der Waals surface area (Å²) in [7, 11) is -3.89. The second-order valence-electron chi connectivity index (χ2n) is 6.29. The van der Waals surface area contributed by atoms with Crippen LogP contribution in [0, 0.1) is 0 Å². The zero-order chi connectivity index (χ0) is 20.5. The van der Waals surface area contributed by atoms with E-state index in [9.17, 15) is 13.2 Å². The number of carboxylic acid groups (broad SMARTS) is 1. The average molecular weight is 509 g/mol. The van der Waals surface area contributed by atoms with E-state index in [0.717, 1.165) is 17.5 Å². The van der Waals surface area contributed by atoms with Crippen molar-refractivity contribution in [2.45, 2.75) is 30.2 Å². The highest BCUT2D eigenvalue weighted by atomic mass is 79.9. The summed E-state index contributed by atoms with van der Waals surface area (Å²) in [6.07, 6.45) is 1.98. The van der Waals surface area contributed by atoms with Gasteiger partial charge in [-0.25, -0.2) is 17.9 Å². The molecule has 3 rings (SSSR count). The molecule has 28 heavy (non-hydrogen) atoms. The van der Waals surface area contributed by atoms with Crippen LogP contribution in [-0.2, 0) is 21.2 Å². The van der Waals surface area contributed by atoms with E-state index in [2.05, 4.69) is 20.7 Å². The minimum Gasteiger partial charge on any atom is -0.482 e. The van der Waals surface area contributed by atoms with Gasteiger partial charge in [-0.2, -0.15) is 0 Å². The molecule has 150 valence electrons. The number of nitrogens with one attached hydrogen (secondary N) is 1. The van der Waals surface area contributed by atoms with E-state index in [1.807, 2.05) is 6.07 Å². The number of sulfonamides is 1. The molecule has 0 aliphatic heterocycles. The summed E-state index contributed by atoms with van der Waals surface area (Å²) >= 11 is 15.3. The van der Waals surface area contributed by atoms with Crippen molar-refractivity contribution in [1.29, 1.82) is 0 Å². The lowest BCUT2D eigenvalue weighted by atomic mass is 9.87. The molecular formula is C18H16BrCl2NO5S. The fourth-order valence-corrected chi connectivity index (χ4v) is 5.66. The topological polar surface area (TPSA) is 92.7 Å². The van der Waals surface area contributed by atoms with Crippen molar-refractivity contribution in [3.63, 3.8) is 0 Å². The van der Waals surface area contributed by atoms with Crippen LogP contribution in [0.5, 0.6) is 5.75 Å². The van der Waals surface area contributed by atoms with Gasteiger partial charge >= 0.3 is 5.97 Å². The van der Waals surface area contributed by atoms with E-state index >= 15 is 0 Å². The Labute approximate surface area is 181 Å². The molecule has 0 spiro atoms. The summed E-state index contributed by atoms with van der Waals surface area (Å²) in [5.74, 6) is -0.653. The van der Waals surface area contributed by atoms with Crippen LogP contribution in [0.2, 0.25) is 10.0 Å². The normalized spacial score (nSPS) is 16.5. The molecule has 2 aromatic carbocycles. The number of fused-ring (bicyclic) bond motifs is 1. The van der Waals surface area contributed by atoms with Gasteiger partial charge < -0.3 is 9.84 Å². The van der Waals surface area contributed by atoms with Gasteiger partial charge in [-0.15, -0.1) is 0 Å². The van der Waals surface area contributed by atoms with Crippen LogP contribution in [0.25, 0.3) is 0 Å². The Bertz CT molecular complexity index is 1030. The molecule has 0 heterocycles. The molecule has 1 aliphatic rings. The third kappa shape index (κ3) is 4.80. The van der Waals surface area contributed by atoms with Crippen molar-refractivity contribution >= 4 is 55.1 Å². The molecule has 0 aromatic heterocycles. The molecule has 0 bridgehead atoms. The first-order valence-electron chi connectivity index (χ1n) is 8.31. The number of carbonyl (C=O) groups is 1. The van der Waals surface area contributed by atoms with Gasteiger partial charge in [0, 0.05) is 15.5 Å². The first-order chi connectivity index (χ1) is 13.2. The first kappa shape index (κ1) is 21.4. The van der Waals surface area contributed by atoms with Gasteiger partial charge in [0.1, 0.15) is 10.6 Å². The molecule has 0 saturated carbocycles. The molecule has 1 atom stereocenters. The maximum absolute atomic E-state index is 12.9. The fourth-order valence-electron chi connectivity index (χ4n) is 3.18. The quantitative estimate of drug-likeness (QED) is 0.595. The summed E-state index contributed by atoms with van der Waals surface area (Å²) in [6, 6.07) is 7.21. The molecule has 0 radical (unpaired) electrons. The highest BCUT2D eigenvalue weighted by Crippen LogP contribution is 2.39. The summed E-state index contributed by atoms with van der Waals surface area (Å²) in [6.45, 7) is -0.473. The van der Waals surface area contributed by atoms with Crippen LogP contribution in [0.3, 0.4) is 0 Å². The lowest BCUT2D eigenvalue weighted by Crippen LogP contribution is -2.31. The van der Waals surface area contributed by atoms with Crippen LogP contribution in [-0.4, -0.2) is 26.1 Å². The van der Waals surface area contributed by atoms with Gasteiger partial charge in [-0.05, 0) is 60.7 Å². The van der Waals surface area contributed by atoms with Crippen LogP contribution in [0.15, 0.2) is 39.7 Å². The molecule has 0 fully saturated rings. The number of carboxylic acids is 1. The van der Waals surface area contributed by atoms with E-state index in [1.165, 1.54) is 18.2 Å². The van der Waals surface area contributed by atoms with E-state index in [0.29, 0.717) is 28.1 Å². The van der Waals surface area contributed by atoms with Crippen molar-refractivity contribution in [1.82, 2.24) is 4.72 Å². The number of aliphatic carboxylic acids is 1. The Morgan fingerprint density at radius 1 is 1.29 bits per heavy atom. The van der Waals surface area contributed by atoms with Gasteiger partial charge in [-0.1, -0.05) is 39.1 Å². The van der Waals surface area contributed by atoms with Gasteiger partial charge in [-0.3, -0.25) is 0 Å². The second kappa shape index (κ2) is 8.59. The minimum atomic E-state index is -3.89. The van der Waals surface area contributed by atoms with Crippen molar-refractivity contribution in [2.75, 3.05) is 6.61 Å². The number of ether oxygens (including phenoxy) is 1. The van der Waals surface area contributed by atoms with Gasteiger partial charge in [0.2, 0.25) is 10.0 Å². The highest BCUT2D eigenvalue weighted by Gasteiger charge is 2.29. The summed E-state index contributed by atoms with van der Waals surface area (Å²) in [5.41, 5.74) is 1.54. The third-order valence-electron chi connectivity index (χ3n) is 4.34. The smallest absolute Gasteiger partial charge is 0.341 e. The SMILES string of the molecule is O=C(O)COc1cc(Br)cc2c1CCC[C@H]2NS(=O)(=O)c1ccc(Cl)cc1Cl. The lowest BCUT2D eigenvalue weighted by Gasteiger charge is -2.28. The Hall–Kier alpha value is -1.32. The predicted octanol–water partition coefficient (Wildman–Crippen LogP) is 4.58. The molecule has 6 nitrogen and oxygen atoms in total. The summed E-state index contributed by atoms with van der Waals surface area (Å²) < 4.78 is 34.5. The first-order valence-corrected chi connectivity index (χ1v) is 11.3. The van der Waals surface area contributed by atoms with Crippen molar-refractivity contribution in [3.8, 4) is 5.75 Å². The third-order valence-corrected chi connectivity index (χ3v) is 6.98. The van der Waals surface area contributed by atoms with E-state index in [4.69, 9.17) is 33.0 Å². The van der Waals surface area contributed by atoms with E-state index < -0.39 is 28.6 Å². The molecule has 2 N–H and O–H groups in total. The van der Waals surface area contributed by atoms with Crippen LogP contribution < -0.4 is 9.46 Å². The second-order valence-corrected chi connectivity index (χ2v) is 9.74. The van der Waals surface area contributed by atoms with E-state index in [1.54, 1.807) is 6.07 Å². The van der Waals surface area contributed by atoms with Crippen molar-refractivity contribution in [3.05, 3.63) is 56.0 Å². The fraction of sp³-hybridized carbons (Fsp3) is 0.278. The Kier molecular flexibility index (Phi) is 6.56. The number of rotatable bonds is 6. The standard InChI is InChI=1S/C18H16BrCl2NO5S/c19-10-6-13-12(16(7-10)27-9-18(23)24)2-1-3-15(13)22-28(25,26)17-5-4-11(20)8-14(17)21/h4-8,15,22H,1-3,9H2,(H,23,24)/t15-/m1/s1. The van der Waals surface area contributed by atoms with Gasteiger partial charge in [0.25, 0.3) is 0 Å². The number of halogens is 3. The number of hydrogen-bond donors (Lipinski definition) is 2. The van der Waals surface area contributed by atoms with Crippen LogP contribution in [0.1, 0.15) is 30.0 Å². The Morgan fingerprint density at radius 2 is 2.04 bits per heavy atom. The highest BCUT2D eigenvalue weighted by molar-refractivity contribution is 9.10. The lowest BCUT2D eigenvalue weighted by molar-refractivity contribution is -0.139. The number of hydrogen-bond acceptors (Lipinski definition) is 4. The van der Waals surface area contributed by atoms with Crippen LogP contribution in [0.4, 0.5) is 0 Å². The largest absolute Gasteiger partial charge is 0.482 e. The number of benzene rings is 2. The molecular weight excluding hydrogens is 493 g/mol. The molecule has 10 heteroatoms. The maximum Gasteiger partial charge on any atom is 0.341 e. The Balaban J connectivity index is 1.94. The summed E-state index contributed by atoms with van der Waals surface area (Å²) in [5, 5.41) is 9.26. The summed E-state index contributed by atoms with van der Waals surface area (Å²) in [4.78, 5) is 10.8. The monoisotopic (exact) mass is 507 g/mol. The molecule has 1 aliphatic carbocycles. The maximum atomic E-state index is 12.9. The Morgan fingerprint density at radius 3 is 2.71 bits per heavy atom. The molecule has 0 amide bonds. The molecule has 2 aromatic rings. The van der Waals surface area contributed by atoms with Crippen molar-refractivity contribution in [2.24, 2.45) is 0 Å². The predicted molar refractivity (Wildman–Crippen MR) is 110 cm³/mol. The molecule has 0 saturated heterocycles. The van der Waals surface area contributed by atoms with Crippen LogP contribution >= 0.6 is 39.1 Å².